The Morgan fingerprint density at radius 1 is 0.760 bits per heavy atom. The van der Waals surface area contributed by atoms with E-state index < -0.39 is 0 Å². The number of aryl methyl sites for hydroxylation is 3. The van der Waals surface area contributed by atoms with E-state index in [0.29, 0.717) is 5.56 Å². The van der Waals surface area contributed by atoms with E-state index in [1.165, 1.54) is 11.1 Å². The first kappa shape index (κ1) is 17.0. The highest BCUT2D eigenvalue weighted by Gasteiger charge is 2.18. The van der Waals surface area contributed by atoms with E-state index in [-0.39, 0.29) is 11.9 Å². The number of carbonyl (C=O) groups excluding carboxylic acids is 1. The first-order valence-corrected chi connectivity index (χ1v) is 8.54. The first-order valence-electron chi connectivity index (χ1n) is 8.54. The number of carbonyl (C=O) groups is 1. The van der Waals surface area contributed by atoms with Crippen molar-refractivity contribution in [2.75, 3.05) is 0 Å². The SMILES string of the molecule is Cc1ccc([C@H](NC(=O)c2ccc(C)c(C)c2)c2ccccc2)cc1. The largest absolute Gasteiger partial charge is 0.341 e. The van der Waals surface area contributed by atoms with Crippen molar-refractivity contribution in [1.29, 1.82) is 0 Å². The van der Waals surface area contributed by atoms with Crippen molar-refractivity contribution in [1.82, 2.24) is 5.32 Å². The maximum Gasteiger partial charge on any atom is 0.252 e. The first-order chi connectivity index (χ1) is 12.0. The predicted molar refractivity (Wildman–Crippen MR) is 103 cm³/mol. The summed E-state index contributed by atoms with van der Waals surface area (Å²) in [6, 6.07) is 24.0. The second-order valence-electron chi connectivity index (χ2n) is 6.53. The van der Waals surface area contributed by atoms with Crippen LogP contribution in [0.4, 0.5) is 0 Å². The summed E-state index contributed by atoms with van der Waals surface area (Å²) in [5.74, 6) is -0.0578. The molecule has 3 aromatic carbocycles. The molecule has 0 bridgehead atoms. The Kier molecular flexibility index (Phi) is 4.99. The summed E-state index contributed by atoms with van der Waals surface area (Å²) in [6.07, 6.45) is 0. The van der Waals surface area contributed by atoms with Crippen LogP contribution >= 0.6 is 0 Å². The molecule has 2 nitrogen and oxygen atoms in total. The van der Waals surface area contributed by atoms with Gasteiger partial charge in [-0.15, -0.1) is 0 Å². The fourth-order valence-electron chi connectivity index (χ4n) is 2.86. The Morgan fingerprint density at radius 2 is 1.40 bits per heavy atom. The van der Waals surface area contributed by atoms with Gasteiger partial charge in [-0.2, -0.15) is 0 Å². The second kappa shape index (κ2) is 7.35. The zero-order valence-electron chi connectivity index (χ0n) is 14.9. The third-order valence-corrected chi connectivity index (χ3v) is 4.59. The summed E-state index contributed by atoms with van der Waals surface area (Å²) >= 11 is 0. The summed E-state index contributed by atoms with van der Waals surface area (Å²) in [4.78, 5) is 12.8. The lowest BCUT2D eigenvalue weighted by Gasteiger charge is -2.20. The van der Waals surface area contributed by atoms with Crippen LogP contribution in [0.25, 0.3) is 0 Å². The van der Waals surface area contributed by atoms with Gasteiger partial charge in [-0.05, 0) is 55.2 Å². The standard InChI is InChI=1S/C23H23NO/c1-16-9-12-20(13-10-16)22(19-7-5-4-6-8-19)24-23(25)21-14-11-17(2)18(3)15-21/h4-15,22H,1-3H3,(H,24,25)/t22-/m1/s1. The van der Waals surface area contributed by atoms with Crippen molar-refractivity contribution in [3.8, 4) is 0 Å². The van der Waals surface area contributed by atoms with E-state index in [9.17, 15) is 4.79 Å². The molecule has 0 fully saturated rings. The molecule has 2 heteroatoms. The van der Waals surface area contributed by atoms with Crippen LogP contribution in [-0.2, 0) is 0 Å². The van der Waals surface area contributed by atoms with E-state index >= 15 is 0 Å². The van der Waals surface area contributed by atoms with Gasteiger partial charge in [-0.3, -0.25) is 4.79 Å². The summed E-state index contributed by atoms with van der Waals surface area (Å²) in [5, 5.41) is 3.19. The summed E-state index contributed by atoms with van der Waals surface area (Å²) in [5.41, 5.74) is 6.36. The fraction of sp³-hybridized carbons (Fsp3) is 0.174. The van der Waals surface area contributed by atoms with Gasteiger partial charge in [0.25, 0.3) is 5.91 Å². The van der Waals surface area contributed by atoms with Gasteiger partial charge in [-0.25, -0.2) is 0 Å². The maximum atomic E-state index is 12.8. The van der Waals surface area contributed by atoms with Gasteiger partial charge in [0.05, 0.1) is 6.04 Å². The number of hydrogen-bond acceptors (Lipinski definition) is 1. The number of rotatable bonds is 4. The van der Waals surface area contributed by atoms with Crippen molar-refractivity contribution < 1.29 is 4.79 Å². The molecule has 126 valence electrons. The van der Waals surface area contributed by atoms with E-state index in [1.54, 1.807) is 0 Å². The van der Waals surface area contributed by atoms with Crippen molar-refractivity contribution in [3.05, 3.63) is 106 Å². The Morgan fingerprint density at radius 3 is 2.04 bits per heavy atom. The lowest BCUT2D eigenvalue weighted by molar-refractivity contribution is 0.0943. The van der Waals surface area contributed by atoms with Gasteiger partial charge in [-0.1, -0.05) is 66.2 Å². The average molecular weight is 329 g/mol. The summed E-state index contributed by atoms with van der Waals surface area (Å²) in [7, 11) is 0. The number of amides is 1. The van der Waals surface area contributed by atoms with Gasteiger partial charge in [0.2, 0.25) is 0 Å². The van der Waals surface area contributed by atoms with Crippen LogP contribution in [0.15, 0.2) is 72.8 Å². The lowest BCUT2D eigenvalue weighted by atomic mass is 9.97. The number of hydrogen-bond donors (Lipinski definition) is 1. The van der Waals surface area contributed by atoms with Gasteiger partial charge < -0.3 is 5.32 Å². The van der Waals surface area contributed by atoms with Crippen molar-refractivity contribution in [2.45, 2.75) is 26.8 Å². The number of nitrogens with one attached hydrogen (secondary N) is 1. The molecule has 0 heterocycles. The van der Waals surface area contributed by atoms with Crippen LogP contribution in [0.5, 0.6) is 0 Å². The third-order valence-electron chi connectivity index (χ3n) is 4.59. The molecule has 25 heavy (non-hydrogen) atoms. The highest BCUT2D eigenvalue weighted by Crippen LogP contribution is 2.23. The minimum atomic E-state index is -0.170. The van der Waals surface area contributed by atoms with Gasteiger partial charge in [0, 0.05) is 5.56 Å². The average Bonchev–Trinajstić information content (AvgIpc) is 2.63. The highest BCUT2D eigenvalue weighted by atomic mass is 16.1. The molecule has 3 aromatic rings. The van der Waals surface area contributed by atoms with Crippen LogP contribution in [0.1, 0.15) is 44.2 Å². The van der Waals surface area contributed by atoms with E-state index in [2.05, 4.69) is 43.4 Å². The quantitative estimate of drug-likeness (QED) is 0.706. The minimum Gasteiger partial charge on any atom is -0.341 e. The Bertz CT molecular complexity index is 866. The molecule has 0 aromatic heterocycles. The zero-order chi connectivity index (χ0) is 17.8. The van der Waals surface area contributed by atoms with E-state index in [1.807, 2.05) is 55.5 Å². The number of benzene rings is 3. The molecule has 0 aliphatic heterocycles. The van der Waals surface area contributed by atoms with Crippen molar-refractivity contribution >= 4 is 5.91 Å². The summed E-state index contributed by atoms with van der Waals surface area (Å²) < 4.78 is 0. The monoisotopic (exact) mass is 329 g/mol. The molecule has 1 N–H and O–H groups in total. The Balaban J connectivity index is 1.93. The fourth-order valence-corrected chi connectivity index (χ4v) is 2.86. The molecule has 3 rings (SSSR count). The van der Waals surface area contributed by atoms with Crippen LogP contribution in [-0.4, -0.2) is 5.91 Å². The van der Waals surface area contributed by atoms with E-state index in [0.717, 1.165) is 16.7 Å². The molecule has 0 spiro atoms. The van der Waals surface area contributed by atoms with Crippen molar-refractivity contribution in [3.63, 3.8) is 0 Å². The van der Waals surface area contributed by atoms with Crippen LogP contribution < -0.4 is 5.32 Å². The van der Waals surface area contributed by atoms with Crippen LogP contribution in [0.3, 0.4) is 0 Å². The molecule has 0 saturated heterocycles. The predicted octanol–water partition coefficient (Wildman–Crippen LogP) is 5.13. The Labute approximate surface area is 149 Å². The second-order valence-corrected chi connectivity index (χ2v) is 6.53. The normalized spacial score (nSPS) is 11.8. The maximum absolute atomic E-state index is 12.8. The third kappa shape index (κ3) is 3.97. The van der Waals surface area contributed by atoms with Crippen molar-refractivity contribution in [2.24, 2.45) is 0 Å². The highest BCUT2D eigenvalue weighted by molar-refractivity contribution is 5.95. The molecule has 1 amide bonds. The molecule has 1 atom stereocenters. The van der Waals surface area contributed by atoms with Crippen LogP contribution in [0.2, 0.25) is 0 Å². The molecule has 0 radical (unpaired) electrons. The lowest BCUT2D eigenvalue weighted by Crippen LogP contribution is -2.29. The molecular formula is C23H23NO. The van der Waals surface area contributed by atoms with Gasteiger partial charge in [0.15, 0.2) is 0 Å². The molecule has 0 saturated carbocycles. The zero-order valence-corrected chi connectivity index (χ0v) is 14.9. The molecule has 0 aliphatic carbocycles. The summed E-state index contributed by atoms with van der Waals surface area (Å²) in [6.45, 7) is 6.14. The molecule has 0 unspecified atom stereocenters. The van der Waals surface area contributed by atoms with Crippen LogP contribution in [0, 0.1) is 20.8 Å². The topological polar surface area (TPSA) is 29.1 Å². The smallest absolute Gasteiger partial charge is 0.252 e. The molecule has 0 aliphatic rings. The molecular weight excluding hydrogens is 306 g/mol. The van der Waals surface area contributed by atoms with E-state index in [4.69, 9.17) is 0 Å². The van der Waals surface area contributed by atoms with Gasteiger partial charge in [0.1, 0.15) is 0 Å². The van der Waals surface area contributed by atoms with Gasteiger partial charge >= 0.3 is 0 Å². The Hall–Kier alpha value is -2.87. The minimum absolute atomic E-state index is 0.0578.